The minimum Gasteiger partial charge on any atom is -0.326 e. The number of benzene rings is 2. The van der Waals surface area contributed by atoms with Gasteiger partial charge >= 0.3 is 6.18 Å². The number of rotatable bonds is 4. The van der Waals surface area contributed by atoms with E-state index in [2.05, 4.69) is 25.9 Å². The molecule has 34 heavy (non-hydrogen) atoms. The molecule has 0 bridgehead atoms. The molecule has 0 fully saturated rings. The summed E-state index contributed by atoms with van der Waals surface area (Å²) in [4.78, 5) is 44.5. The molecule has 176 valence electrons. The molecular weight excluding hydrogens is 475 g/mol. The van der Waals surface area contributed by atoms with Crippen molar-refractivity contribution in [1.82, 2.24) is 9.97 Å². The Kier molecular flexibility index (Phi) is 6.05. The largest absolute Gasteiger partial charge is 0.416 e. The van der Waals surface area contributed by atoms with Gasteiger partial charge in [0, 0.05) is 12.1 Å². The average molecular weight is 492 g/mol. The van der Waals surface area contributed by atoms with Gasteiger partial charge in [0.25, 0.3) is 5.56 Å². The van der Waals surface area contributed by atoms with E-state index in [-0.39, 0.29) is 29.4 Å². The molecule has 2 heterocycles. The molecule has 0 saturated heterocycles. The number of anilines is 4. The van der Waals surface area contributed by atoms with Crippen molar-refractivity contribution in [3.05, 3.63) is 74.5 Å². The predicted octanol–water partition coefficient (Wildman–Crippen LogP) is 4.56. The highest BCUT2D eigenvalue weighted by Crippen LogP contribution is 2.33. The maximum absolute atomic E-state index is 13.0. The van der Waals surface area contributed by atoms with Gasteiger partial charge in [-0.1, -0.05) is 23.7 Å². The third-order valence-electron chi connectivity index (χ3n) is 5.10. The summed E-state index contributed by atoms with van der Waals surface area (Å²) in [6.07, 6.45) is -4.85. The lowest BCUT2D eigenvalue weighted by Crippen LogP contribution is -2.36. The van der Waals surface area contributed by atoms with Gasteiger partial charge in [-0.05, 0) is 42.8 Å². The molecule has 1 atom stereocenters. The van der Waals surface area contributed by atoms with E-state index in [9.17, 15) is 27.6 Å². The van der Waals surface area contributed by atoms with E-state index >= 15 is 0 Å². The summed E-state index contributed by atoms with van der Waals surface area (Å²) in [6, 6.07) is 9.29. The van der Waals surface area contributed by atoms with Crippen LogP contribution in [0.25, 0.3) is 0 Å². The van der Waals surface area contributed by atoms with Crippen LogP contribution in [0.2, 0.25) is 5.02 Å². The Hall–Kier alpha value is -3.86. The number of H-pyrrole nitrogens is 1. The number of amides is 2. The van der Waals surface area contributed by atoms with Crippen LogP contribution >= 0.6 is 11.6 Å². The second-order valence-corrected chi connectivity index (χ2v) is 8.07. The van der Waals surface area contributed by atoms with Crippen LogP contribution in [0.4, 0.5) is 36.3 Å². The van der Waals surface area contributed by atoms with Crippen LogP contribution in [0, 0.1) is 6.92 Å². The summed E-state index contributed by atoms with van der Waals surface area (Å²) in [6.45, 7) is 1.83. The van der Waals surface area contributed by atoms with Gasteiger partial charge in [-0.3, -0.25) is 19.4 Å². The molecule has 4 N–H and O–H groups in total. The Labute approximate surface area is 195 Å². The van der Waals surface area contributed by atoms with E-state index in [0.717, 1.165) is 17.7 Å². The first-order valence-corrected chi connectivity index (χ1v) is 10.3. The first kappa shape index (κ1) is 23.3. The monoisotopic (exact) mass is 491 g/mol. The molecule has 2 aromatic carbocycles. The number of nitrogens with zero attached hydrogens (tertiary/aromatic N) is 1. The maximum atomic E-state index is 13.0. The van der Waals surface area contributed by atoms with Crippen LogP contribution in [0.1, 0.15) is 29.0 Å². The van der Waals surface area contributed by atoms with Gasteiger partial charge in [0.1, 0.15) is 5.82 Å². The number of fused-ring (bicyclic) bond motifs is 1. The van der Waals surface area contributed by atoms with E-state index in [1.165, 1.54) is 12.1 Å². The lowest BCUT2D eigenvalue weighted by molar-refractivity contribution is -0.137. The second-order valence-electron chi connectivity index (χ2n) is 7.66. The molecule has 1 aliphatic heterocycles. The molecule has 0 unspecified atom stereocenters. The number of aromatic amines is 1. The molecule has 0 spiro atoms. The molecule has 1 aromatic heterocycles. The number of alkyl halides is 3. The van der Waals surface area contributed by atoms with Crippen LogP contribution in [-0.2, 0) is 15.8 Å². The number of carbonyl (C=O) groups is 2. The highest BCUT2D eigenvalue weighted by atomic mass is 35.5. The molecule has 2 amide bonds. The van der Waals surface area contributed by atoms with Crippen molar-refractivity contribution in [2.45, 2.75) is 25.4 Å². The zero-order chi connectivity index (χ0) is 24.6. The molecule has 3 aromatic rings. The Bertz CT molecular complexity index is 1360. The minimum absolute atomic E-state index is 0.0170. The molecular formula is C22H17ClF3N5O3. The topological polar surface area (TPSA) is 116 Å². The Balaban J connectivity index is 1.63. The first-order chi connectivity index (χ1) is 16.0. The standard InChI is InChI=1S/C22H17ClF3N5O3/c1-10-5-6-15(14(23)7-10)28-19(33)13-9-16(32)29-18-17(13)20(34)31-21(30-18)27-12-4-2-3-11(8-12)22(24,25)26/h2-8,13H,9H2,1H3,(H,28,33)(H3,27,29,30,31,32,34)/t13-/m0/s1. The van der Waals surface area contributed by atoms with E-state index in [4.69, 9.17) is 11.6 Å². The average Bonchev–Trinajstić information content (AvgIpc) is 2.74. The van der Waals surface area contributed by atoms with Crippen molar-refractivity contribution in [3.63, 3.8) is 0 Å². The van der Waals surface area contributed by atoms with E-state index in [1.54, 1.807) is 18.2 Å². The predicted molar refractivity (Wildman–Crippen MR) is 120 cm³/mol. The van der Waals surface area contributed by atoms with Crippen molar-refractivity contribution in [3.8, 4) is 0 Å². The van der Waals surface area contributed by atoms with Crippen LogP contribution < -0.4 is 21.5 Å². The molecule has 12 heteroatoms. The van der Waals surface area contributed by atoms with Crippen molar-refractivity contribution in [1.29, 1.82) is 0 Å². The Morgan fingerprint density at radius 1 is 1.18 bits per heavy atom. The van der Waals surface area contributed by atoms with Gasteiger partial charge < -0.3 is 16.0 Å². The quantitative estimate of drug-likeness (QED) is 0.427. The smallest absolute Gasteiger partial charge is 0.326 e. The van der Waals surface area contributed by atoms with E-state index in [1.807, 2.05) is 6.92 Å². The summed E-state index contributed by atoms with van der Waals surface area (Å²) in [5.74, 6) is -2.70. The summed E-state index contributed by atoms with van der Waals surface area (Å²) in [5.41, 5.74) is -0.477. The third kappa shape index (κ3) is 4.88. The third-order valence-corrected chi connectivity index (χ3v) is 5.42. The van der Waals surface area contributed by atoms with Gasteiger partial charge in [0.15, 0.2) is 0 Å². The number of aromatic nitrogens is 2. The minimum atomic E-state index is -4.55. The van der Waals surface area contributed by atoms with Gasteiger partial charge in [-0.15, -0.1) is 0 Å². The van der Waals surface area contributed by atoms with Crippen molar-refractivity contribution < 1.29 is 22.8 Å². The van der Waals surface area contributed by atoms with Gasteiger partial charge in [-0.25, -0.2) is 0 Å². The molecule has 4 rings (SSSR count). The Morgan fingerprint density at radius 3 is 2.65 bits per heavy atom. The Morgan fingerprint density at radius 2 is 1.94 bits per heavy atom. The first-order valence-electron chi connectivity index (χ1n) is 9.96. The number of hydrogen-bond acceptors (Lipinski definition) is 5. The number of halogens is 4. The SMILES string of the molecule is Cc1ccc(NC(=O)[C@H]2CC(=O)Nc3nc(Nc4cccc(C(F)(F)F)c4)[nH]c(=O)c32)c(Cl)c1. The summed E-state index contributed by atoms with van der Waals surface area (Å²) < 4.78 is 38.9. The van der Waals surface area contributed by atoms with E-state index in [0.29, 0.717) is 10.7 Å². The highest BCUT2D eigenvalue weighted by Gasteiger charge is 2.35. The molecule has 0 radical (unpaired) electrons. The van der Waals surface area contributed by atoms with Crippen LogP contribution in [0.5, 0.6) is 0 Å². The fraction of sp³-hybridized carbons (Fsp3) is 0.182. The van der Waals surface area contributed by atoms with Crippen LogP contribution in [0.15, 0.2) is 47.3 Å². The molecule has 0 saturated carbocycles. The van der Waals surface area contributed by atoms with Crippen LogP contribution in [-0.4, -0.2) is 21.8 Å². The molecule has 1 aliphatic rings. The summed E-state index contributed by atoms with van der Waals surface area (Å²) >= 11 is 6.16. The van der Waals surface area contributed by atoms with E-state index < -0.39 is 35.0 Å². The highest BCUT2D eigenvalue weighted by molar-refractivity contribution is 6.33. The number of nitrogens with one attached hydrogen (secondary N) is 4. The van der Waals surface area contributed by atoms with Gasteiger partial charge in [-0.2, -0.15) is 18.2 Å². The number of carbonyl (C=O) groups excluding carboxylic acids is 2. The lowest BCUT2D eigenvalue weighted by atomic mass is 9.92. The lowest BCUT2D eigenvalue weighted by Gasteiger charge is -2.24. The maximum Gasteiger partial charge on any atom is 0.416 e. The zero-order valence-electron chi connectivity index (χ0n) is 17.5. The normalized spacial score (nSPS) is 15.3. The molecule has 8 nitrogen and oxygen atoms in total. The summed E-state index contributed by atoms with van der Waals surface area (Å²) in [5, 5.41) is 7.93. The fourth-order valence-electron chi connectivity index (χ4n) is 3.51. The summed E-state index contributed by atoms with van der Waals surface area (Å²) in [7, 11) is 0. The van der Waals surface area contributed by atoms with Gasteiger partial charge in [0.2, 0.25) is 17.8 Å². The van der Waals surface area contributed by atoms with Crippen molar-refractivity contribution in [2.75, 3.05) is 16.0 Å². The van der Waals surface area contributed by atoms with Crippen LogP contribution in [0.3, 0.4) is 0 Å². The second kappa shape index (κ2) is 8.82. The molecule has 0 aliphatic carbocycles. The zero-order valence-corrected chi connectivity index (χ0v) is 18.3. The number of hydrogen-bond donors (Lipinski definition) is 4. The fourth-order valence-corrected chi connectivity index (χ4v) is 3.79. The van der Waals surface area contributed by atoms with Crippen molar-refractivity contribution in [2.24, 2.45) is 0 Å². The van der Waals surface area contributed by atoms with Gasteiger partial charge in [0.05, 0.1) is 27.8 Å². The van der Waals surface area contributed by atoms with Crippen molar-refractivity contribution >= 4 is 46.6 Å². The number of aryl methyl sites for hydroxylation is 1.